The SMILES string of the molecule is COc1ccc(C2(C(=O)N[C@@H](CC(=O)O)C(C)C)CC2)cc1. The molecule has 22 heavy (non-hydrogen) atoms. The van der Waals surface area contributed by atoms with E-state index in [9.17, 15) is 9.59 Å². The topological polar surface area (TPSA) is 75.6 Å². The van der Waals surface area contributed by atoms with Gasteiger partial charge in [-0.3, -0.25) is 9.59 Å². The van der Waals surface area contributed by atoms with E-state index in [0.29, 0.717) is 0 Å². The van der Waals surface area contributed by atoms with Crippen LogP contribution in [0, 0.1) is 5.92 Å². The first-order valence-electron chi connectivity index (χ1n) is 7.56. The van der Waals surface area contributed by atoms with Crippen LogP contribution in [0.1, 0.15) is 38.7 Å². The van der Waals surface area contributed by atoms with Gasteiger partial charge >= 0.3 is 5.97 Å². The number of ether oxygens (including phenoxy) is 1. The highest BCUT2D eigenvalue weighted by Crippen LogP contribution is 2.48. The second-order valence-electron chi connectivity index (χ2n) is 6.23. The number of amides is 1. The second-order valence-corrected chi connectivity index (χ2v) is 6.23. The van der Waals surface area contributed by atoms with Crippen molar-refractivity contribution in [3.8, 4) is 5.75 Å². The summed E-state index contributed by atoms with van der Waals surface area (Å²) < 4.78 is 5.14. The maximum absolute atomic E-state index is 12.6. The summed E-state index contributed by atoms with van der Waals surface area (Å²) in [4.78, 5) is 23.6. The van der Waals surface area contributed by atoms with Gasteiger partial charge in [-0.2, -0.15) is 0 Å². The van der Waals surface area contributed by atoms with Crippen molar-refractivity contribution in [3.05, 3.63) is 29.8 Å². The van der Waals surface area contributed by atoms with Crippen LogP contribution in [0.25, 0.3) is 0 Å². The van der Waals surface area contributed by atoms with E-state index in [1.165, 1.54) is 0 Å². The van der Waals surface area contributed by atoms with Gasteiger partial charge < -0.3 is 15.2 Å². The lowest BCUT2D eigenvalue weighted by atomic mass is 9.93. The first-order valence-corrected chi connectivity index (χ1v) is 7.56. The number of hydrogen-bond donors (Lipinski definition) is 2. The molecule has 120 valence electrons. The summed E-state index contributed by atoms with van der Waals surface area (Å²) in [5.74, 6) is -0.136. The highest BCUT2D eigenvalue weighted by atomic mass is 16.5. The van der Waals surface area contributed by atoms with Gasteiger partial charge in [0.2, 0.25) is 5.91 Å². The Morgan fingerprint density at radius 1 is 1.27 bits per heavy atom. The first-order chi connectivity index (χ1) is 10.4. The number of carboxylic acid groups (broad SMARTS) is 1. The average molecular weight is 305 g/mol. The molecule has 5 heteroatoms. The maximum Gasteiger partial charge on any atom is 0.305 e. The standard InChI is InChI=1S/C17H23NO4/c1-11(2)14(10-15(19)20)18-16(21)17(8-9-17)12-4-6-13(22-3)7-5-12/h4-7,11,14H,8-10H2,1-3H3,(H,18,21)(H,19,20)/t14-/m0/s1. The Balaban J connectivity index is 2.11. The van der Waals surface area contributed by atoms with Gasteiger partial charge in [0.25, 0.3) is 0 Å². The molecule has 5 nitrogen and oxygen atoms in total. The van der Waals surface area contributed by atoms with E-state index in [1.807, 2.05) is 38.1 Å². The van der Waals surface area contributed by atoms with Crippen LogP contribution < -0.4 is 10.1 Å². The number of hydrogen-bond acceptors (Lipinski definition) is 3. The molecule has 1 aromatic carbocycles. The van der Waals surface area contributed by atoms with Crippen molar-refractivity contribution in [2.45, 2.75) is 44.6 Å². The Hall–Kier alpha value is -2.04. The maximum atomic E-state index is 12.6. The van der Waals surface area contributed by atoms with Crippen LogP contribution in [-0.2, 0) is 15.0 Å². The lowest BCUT2D eigenvalue weighted by Gasteiger charge is -2.24. The highest BCUT2D eigenvalue weighted by Gasteiger charge is 2.51. The molecule has 2 rings (SSSR count). The van der Waals surface area contributed by atoms with Crippen molar-refractivity contribution in [3.63, 3.8) is 0 Å². The van der Waals surface area contributed by atoms with E-state index in [2.05, 4.69) is 5.32 Å². The zero-order chi connectivity index (χ0) is 16.3. The number of benzene rings is 1. The summed E-state index contributed by atoms with van der Waals surface area (Å²) in [6.07, 6.45) is 1.54. The molecule has 0 heterocycles. The lowest BCUT2D eigenvalue weighted by molar-refractivity contribution is -0.138. The molecular formula is C17H23NO4. The third-order valence-electron chi connectivity index (χ3n) is 4.34. The molecule has 0 spiro atoms. The molecule has 2 N–H and O–H groups in total. The summed E-state index contributed by atoms with van der Waals surface area (Å²) in [6, 6.07) is 7.17. The van der Waals surface area contributed by atoms with Gasteiger partial charge in [0.05, 0.1) is 18.9 Å². The minimum atomic E-state index is -0.895. The van der Waals surface area contributed by atoms with Crippen molar-refractivity contribution >= 4 is 11.9 Å². The third-order valence-corrected chi connectivity index (χ3v) is 4.34. The van der Waals surface area contributed by atoms with E-state index in [0.717, 1.165) is 24.2 Å². The number of rotatable bonds is 7. The molecule has 0 aliphatic heterocycles. The molecule has 0 bridgehead atoms. The van der Waals surface area contributed by atoms with Crippen LogP contribution in [0.5, 0.6) is 5.75 Å². The molecular weight excluding hydrogens is 282 g/mol. The van der Waals surface area contributed by atoms with E-state index >= 15 is 0 Å². The Labute approximate surface area is 130 Å². The summed E-state index contributed by atoms with van der Waals surface area (Å²) in [7, 11) is 1.60. The van der Waals surface area contributed by atoms with Crippen LogP contribution in [0.2, 0.25) is 0 Å². The van der Waals surface area contributed by atoms with Crippen molar-refractivity contribution in [1.29, 1.82) is 0 Å². The second kappa shape index (κ2) is 6.38. The summed E-state index contributed by atoms with van der Waals surface area (Å²) in [5.41, 5.74) is 0.460. The Kier molecular flexibility index (Phi) is 4.74. The Bertz CT molecular complexity index is 546. The largest absolute Gasteiger partial charge is 0.497 e. The van der Waals surface area contributed by atoms with E-state index in [-0.39, 0.29) is 24.3 Å². The first kappa shape index (κ1) is 16.3. The molecule has 1 atom stereocenters. The molecule has 0 saturated heterocycles. The molecule has 1 fully saturated rings. The van der Waals surface area contributed by atoms with Crippen LogP contribution in [0.15, 0.2) is 24.3 Å². The predicted octanol–water partition coefficient (Wildman–Crippen LogP) is 2.34. The van der Waals surface area contributed by atoms with Crippen LogP contribution in [-0.4, -0.2) is 30.1 Å². The lowest BCUT2D eigenvalue weighted by Crippen LogP contribution is -2.45. The van der Waals surface area contributed by atoms with Gasteiger partial charge in [-0.25, -0.2) is 0 Å². The van der Waals surface area contributed by atoms with Crippen molar-refractivity contribution in [2.24, 2.45) is 5.92 Å². The zero-order valence-corrected chi connectivity index (χ0v) is 13.3. The molecule has 1 aliphatic rings. The van der Waals surface area contributed by atoms with Gasteiger partial charge in [0.15, 0.2) is 0 Å². The molecule has 1 aromatic rings. The zero-order valence-electron chi connectivity index (χ0n) is 13.3. The van der Waals surface area contributed by atoms with Gasteiger partial charge in [-0.15, -0.1) is 0 Å². The van der Waals surface area contributed by atoms with Crippen LogP contribution in [0.3, 0.4) is 0 Å². The quantitative estimate of drug-likeness (QED) is 0.811. The van der Waals surface area contributed by atoms with Crippen molar-refractivity contribution in [1.82, 2.24) is 5.32 Å². The third kappa shape index (κ3) is 3.40. The molecule has 0 aromatic heterocycles. The normalized spacial score (nSPS) is 16.9. The van der Waals surface area contributed by atoms with Crippen molar-refractivity contribution < 1.29 is 19.4 Å². The van der Waals surface area contributed by atoms with Crippen LogP contribution in [0.4, 0.5) is 0 Å². The number of nitrogens with one attached hydrogen (secondary N) is 1. The average Bonchev–Trinajstić information content (AvgIpc) is 3.27. The number of carbonyl (C=O) groups is 2. The fourth-order valence-corrected chi connectivity index (χ4v) is 2.63. The molecule has 1 saturated carbocycles. The highest BCUT2D eigenvalue weighted by molar-refractivity contribution is 5.91. The minimum absolute atomic E-state index is 0.0535. The monoisotopic (exact) mass is 305 g/mol. The van der Waals surface area contributed by atoms with Crippen molar-refractivity contribution in [2.75, 3.05) is 7.11 Å². The smallest absolute Gasteiger partial charge is 0.305 e. The van der Waals surface area contributed by atoms with E-state index in [1.54, 1.807) is 7.11 Å². The molecule has 1 amide bonds. The number of aliphatic carboxylic acids is 1. The fourth-order valence-electron chi connectivity index (χ4n) is 2.63. The summed E-state index contributed by atoms with van der Waals surface area (Å²) in [5, 5.41) is 11.9. The minimum Gasteiger partial charge on any atom is -0.497 e. The number of carbonyl (C=O) groups excluding carboxylic acids is 1. The van der Waals surface area contributed by atoms with Gasteiger partial charge in [0.1, 0.15) is 5.75 Å². The van der Waals surface area contributed by atoms with E-state index in [4.69, 9.17) is 9.84 Å². The predicted molar refractivity (Wildman–Crippen MR) is 82.9 cm³/mol. The number of carboxylic acids is 1. The Morgan fingerprint density at radius 3 is 2.27 bits per heavy atom. The molecule has 1 aliphatic carbocycles. The van der Waals surface area contributed by atoms with Gasteiger partial charge in [-0.1, -0.05) is 26.0 Å². The molecule has 0 radical (unpaired) electrons. The summed E-state index contributed by atoms with van der Waals surface area (Å²) in [6.45, 7) is 3.83. The fraction of sp³-hybridized carbons (Fsp3) is 0.529. The van der Waals surface area contributed by atoms with E-state index < -0.39 is 11.4 Å². The molecule has 0 unspecified atom stereocenters. The van der Waals surface area contributed by atoms with Gasteiger partial charge in [0, 0.05) is 6.04 Å². The van der Waals surface area contributed by atoms with Crippen LogP contribution >= 0.6 is 0 Å². The summed E-state index contributed by atoms with van der Waals surface area (Å²) >= 11 is 0. The number of methoxy groups -OCH3 is 1. The van der Waals surface area contributed by atoms with Gasteiger partial charge in [-0.05, 0) is 36.5 Å². The Morgan fingerprint density at radius 2 is 1.86 bits per heavy atom.